The van der Waals surface area contributed by atoms with Gasteiger partial charge in [-0.15, -0.1) is 0 Å². The van der Waals surface area contributed by atoms with E-state index in [9.17, 15) is 0 Å². The minimum atomic E-state index is 0.520. The molecule has 12 heavy (non-hydrogen) atoms. The normalized spacial score (nSPS) is 17.2. The topological polar surface area (TPSA) is 27.0 Å². The fourth-order valence-corrected chi connectivity index (χ4v) is 2.24. The molecule has 70 valence electrons. The third-order valence-corrected chi connectivity index (χ3v) is 2.95. The van der Waals surface area contributed by atoms with Gasteiger partial charge >= 0.3 is 0 Å². The number of rotatable bonds is 1. The van der Waals surface area contributed by atoms with Crippen molar-refractivity contribution in [3.8, 4) is 6.19 Å². The van der Waals surface area contributed by atoms with E-state index in [2.05, 4.69) is 6.19 Å². The Labute approximate surface area is 79.9 Å². The molecule has 1 saturated heterocycles. The first-order valence-corrected chi connectivity index (χ1v) is 5.70. The summed E-state index contributed by atoms with van der Waals surface area (Å²) in [5, 5.41) is 8.56. The van der Waals surface area contributed by atoms with E-state index < -0.39 is 0 Å². The predicted molar refractivity (Wildman–Crippen MR) is 55.1 cm³/mol. The first-order valence-electron chi connectivity index (χ1n) is 4.55. The zero-order valence-electron chi connectivity index (χ0n) is 8.21. The molecule has 1 rings (SSSR count). The fraction of sp³-hybridized carbons (Fsp3) is 0.889. The quantitative estimate of drug-likeness (QED) is 0.464. The van der Waals surface area contributed by atoms with E-state index in [1.54, 1.807) is 4.90 Å². The van der Waals surface area contributed by atoms with Crippen molar-refractivity contribution >= 4 is 11.8 Å². The summed E-state index contributed by atoms with van der Waals surface area (Å²) < 4.78 is 0. The highest BCUT2D eigenvalue weighted by atomic mass is 32.2. The highest BCUT2D eigenvalue weighted by molar-refractivity contribution is 7.99. The maximum absolute atomic E-state index is 8.56. The molecule has 0 aliphatic carbocycles. The minimum absolute atomic E-state index is 0.520. The van der Waals surface area contributed by atoms with Gasteiger partial charge in [0.25, 0.3) is 0 Å². The van der Waals surface area contributed by atoms with Crippen molar-refractivity contribution in [3.63, 3.8) is 0 Å². The molecule has 2 nitrogen and oxygen atoms in total. The Hall–Kier alpha value is -0.360. The van der Waals surface area contributed by atoms with Gasteiger partial charge in [0, 0.05) is 13.1 Å². The van der Waals surface area contributed by atoms with Crippen molar-refractivity contribution < 1.29 is 0 Å². The Balaban J connectivity index is 0.000000561. The van der Waals surface area contributed by atoms with E-state index >= 15 is 0 Å². The number of hydrogen-bond donors (Lipinski definition) is 0. The molecular formula is C9H18N2S. The number of hydrogen-bond acceptors (Lipinski definition) is 3. The lowest BCUT2D eigenvalue weighted by Crippen LogP contribution is -2.30. The van der Waals surface area contributed by atoms with E-state index in [4.69, 9.17) is 5.26 Å². The summed E-state index contributed by atoms with van der Waals surface area (Å²) in [7, 11) is 1.88. The van der Waals surface area contributed by atoms with Crippen LogP contribution in [0.1, 0.15) is 26.7 Å². The Morgan fingerprint density at radius 2 is 1.83 bits per heavy atom. The SMILES string of the molecule is CC.CN(C#N)C1CCSCC1. The van der Waals surface area contributed by atoms with E-state index in [1.807, 2.05) is 32.7 Å². The molecule has 0 bridgehead atoms. The third-order valence-electron chi connectivity index (χ3n) is 1.90. The standard InChI is InChI=1S/C7H12N2S.C2H6/c1-9(6-8)7-2-4-10-5-3-7;1-2/h7H,2-5H2,1H3;1-2H3. The van der Waals surface area contributed by atoms with Crippen LogP contribution in [0.25, 0.3) is 0 Å². The molecule has 1 aliphatic heterocycles. The maximum Gasteiger partial charge on any atom is 0.179 e. The third kappa shape index (κ3) is 3.87. The second kappa shape index (κ2) is 7.30. The Morgan fingerprint density at radius 3 is 2.25 bits per heavy atom. The van der Waals surface area contributed by atoms with Crippen LogP contribution < -0.4 is 0 Å². The maximum atomic E-state index is 8.56. The summed E-state index contributed by atoms with van der Waals surface area (Å²) in [6.45, 7) is 4.00. The molecule has 0 saturated carbocycles. The van der Waals surface area contributed by atoms with Gasteiger partial charge in [-0.05, 0) is 24.3 Å². The average Bonchev–Trinajstić information content (AvgIpc) is 2.21. The molecule has 0 aromatic heterocycles. The second-order valence-electron chi connectivity index (χ2n) is 2.55. The molecule has 1 heterocycles. The van der Waals surface area contributed by atoms with Crippen LogP contribution >= 0.6 is 11.8 Å². The van der Waals surface area contributed by atoms with Crippen LogP contribution in [0.4, 0.5) is 0 Å². The van der Waals surface area contributed by atoms with Gasteiger partial charge in [-0.1, -0.05) is 13.8 Å². The van der Waals surface area contributed by atoms with Gasteiger partial charge < -0.3 is 4.90 Å². The van der Waals surface area contributed by atoms with Gasteiger partial charge in [0.15, 0.2) is 6.19 Å². The lowest BCUT2D eigenvalue weighted by atomic mass is 10.1. The van der Waals surface area contributed by atoms with Crippen LogP contribution in [0.5, 0.6) is 0 Å². The molecule has 0 unspecified atom stereocenters. The highest BCUT2D eigenvalue weighted by Gasteiger charge is 2.16. The van der Waals surface area contributed by atoms with Crippen molar-refractivity contribution in [1.82, 2.24) is 4.90 Å². The van der Waals surface area contributed by atoms with Crippen LogP contribution in [0.15, 0.2) is 0 Å². The number of nitrogens with zero attached hydrogens (tertiary/aromatic N) is 2. The summed E-state index contributed by atoms with van der Waals surface area (Å²) in [4.78, 5) is 1.78. The molecule has 0 N–H and O–H groups in total. The van der Waals surface area contributed by atoms with Crippen molar-refractivity contribution in [2.75, 3.05) is 18.6 Å². The Bertz CT molecular complexity index is 136. The zero-order valence-corrected chi connectivity index (χ0v) is 9.02. The summed E-state index contributed by atoms with van der Waals surface area (Å²) in [6, 6.07) is 0.520. The van der Waals surface area contributed by atoms with E-state index in [-0.39, 0.29) is 0 Å². The minimum Gasteiger partial charge on any atom is -0.311 e. The van der Waals surface area contributed by atoms with Gasteiger partial charge in [-0.25, -0.2) is 0 Å². The fourth-order valence-electron chi connectivity index (χ4n) is 1.15. The molecule has 0 radical (unpaired) electrons. The van der Waals surface area contributed by atoms with Gasteiger partial charge in [-0.2, -0.15) is 17.0 Å². The Morgan fingerprint density at radius 1 is 1.33 bits per heavy atom. The lowest BCUT2D eigenvalue weighted by molar-refractivity contribution is 0.324. The first-order chi connectivity index (χ1) is 5.84. The van der Waals surface area contributed by atoms with Crippen LogP contribution in [0, 0.1) is 11.5 Å². The number of thioether (sulfide) groups is 1. The molecule has 3 heteroatoms. The summed E-state index contributed by atoms with van der Waals surface area (Å²) >= 11 is 1.99. The zero-order chi connectivity index (χ0) is 9.40. The number of nitriles is 1. The lowest BCUT2D eigenvalue weighted by Gasteiger charge is -2.26. The molecule has 1 fully saturated rings. The van der Waals surface area contributed by atoms with E-state index in [1.165, 1.54) is 24.3 Å². The van der Waals surface area contributed by atoms with Crippen molar-refractivity contribution in [2.24, 2.45) is 0 Å². The van der Waals surface area contributed by atoms with E-state index in [0.717, 1.165) is 0 Å². The average molecular weight is 186 g/mol. The van der Waals surface area contributed by atoms with Gasteiger partial charge in [-0.3, -0.25) is 0 Å². The van der Waals surface area contributed by atoms with Gasteiger partial charge in [0.05, 0.1) is 0 Å². The van der Waals surface area contributed by atoms with Crippen LogP contribution in [0.3, 0.4) is 0 Å². The summed E-state index contributed by atoms with van der Waals surface area (Å²) in [6.07, 6.45) is 4.51. The molecule has 0 spiro atoms. The van der Waals surface area contributed by atoms with Crippen LogP contribution in [-0.2, 0) is 0 Å². The second-order valence-corrected chi connectivity index (χ2v) is 3.78. The first kappa shape index (κ1) is 11.6. The molecular weight excluding hydrogens is 168 g/mol. The van der Waals surface area contributed by atoms with E-state index in [0.29, 0.717) is 6.04 Å². The van der Waals surface area contributed by atoms with Crippen molar-refractivity contribution in [1.29, 1.82) is 5.26 Å². The molecule has 0 aromatic rings. The largest absolute Gasteiger partial charge is 0.311 e. The molecule has 0 aromatic carbocycles. The van der Waals surface area contributed by atoms with Crippen molar-refractivity contribution in [2.45, 2.75) is 32.7 Å². The predicted octanol–water partition coefficient (Wildman–Crippen LogP) is 2.32. The molecule has 0 atom stereocenters. The highest BCUT2D eigenvalue weighted by Crippen LogP contribution is 2.19. The summed E-state index contributed by atoms with van der Waals surface area (Å²) in [5.41, 5.74) is 0. The van der Waals surface area contributed by atoms with Gasteiger partial charge in [0.1, 0.15) is 0 Å². The summed E-state index contributed by atoms with van der Waals surface area (Å²) in [5.74, 6) is 2.44. The smallest absolute Gasteiger partial charge is 0.179 e. The molecule has 1 aliphatic rings. The molecule has 0 amide bonds. The Kier molecular flexibility index (Phi) is 7.08. The monoisotopic (exact) mass is 186 g/mol. The van der Waals surface area contributed by atoms with Gasteiger partial charge in [0.2, 0.25) is 0 Å². The van der Waals surface area contributed by atoms with Crippen LogP contribution in [0.2, 0.25) is 0 Å². The van der Waals surface area contributed by atoms with Crippen LogP contribution in [-0.4, -0.2) is 29.5 Å². The van der Waals surface area contributed by atoms with Crippen molar-refractivity contribution in [3.05, 3.63) is 0 Å².